The molecular formula is C21H18ClN3O2S2. The quantitative estimate of drug-likeness (QED) is 0.585. The lowest BCUT2D eigenvalue weighted by atomic mass is 10.1. The molecule has 1 aliphatic rings. The third-order valence-electron chi connectivity index (χ3n) is 4.60. The Labute approximate surface area is 182 Å². The number of nitrogens with zero attached hydrogens (tertiary/aromatic N) is 2. The molecule has 0 radical (unpaired) electrons. The van der Waals surface area contributed by atoms with Crippen LogP contribution in [0.3, 0.4) is 0 Å². The SMILES string of the molecule is CC(=O)N1CCc2cc(C(=O)Nc3ccc(Sc4nc(C)cs4)c(Cl)c3)ccc21. The summed E-state index contributed by atoms with van der Waals surface area (Å²) in [6.07, 6.45) is 0.754. The van der Waals surface area contributed by atoms with Gasteiger partial charge in [-0.15, -0.1) is 11.3 Å². The molecule has 0 saturated heterocycles. The standard InChI is InChI=1S/C21H18ClN3O2S2/c1-12-11-28-21(23-12)29-19-6-4-16(10-17(19)22)24-20(27)15-3-5-18-14(9-15)7-8-25(18)13(2)26/h3-6,9-11H,7-8H2,1-2H3,(H,24,27). The van der Waals surface area contributed by atoms with Crippen molar-refractivity contribution in [1.82, 2.24) is 4.98 Å². The molecule has 3 aromatic rings. The molecule has 8 heteroatoms. The Kier molecular flexibility index (Phi) is 5.63. The fraction of sp³-hybridized carbons (Fsp3) is 0.190. The molecular weight excluding hydrogens is 426 g/mol. The Bertz CT molecular complexity index is 1110. The molecule has 0 unspecified atom stereocenters. The average Bonchev–Trinajstić information content (AvgIpc) is 3.29. The monoisotopic (exact) mass is 443 g/mol. The third kappa shape index (κ3) is 4.32. The number of rotatable bonds is 4. The molecule has 1 aromatic heterocycles. The van der Waals surface area contributed by atoms with E-state index in [1.54, 1.807) is 35.3 Å². The summed E-state index contributed by atoms with van der Waals surface area (Å²) in [7, 11) is 0. The van der Waals surface area contributed by atoms with Crippen LogP contribution in [-0.2, 0) is 11.2 Å². The molecule has 0 spiro atoms. The van der Waals surface area contributed by atoms with Gasteiger partial charge in [-0.25, -0.2) is 4.98 Å². The number of anilines is 2. The Balaban J connectivity index is 1.47. The largest absolute Gasteiger partial charge is 0.322 e. The number of hydrogen-bond acceptors (Lipinski definition) is 5. The molecule has 1 aliphatic heterocycles. The lowest BCUT2D eigenvalue weighted by molar-refractivity contribution is -0.116. The van der Waals surface area contributed by atoms with Crippen molar-refractivity contribution in [2.24, 2.45) is 0 Å². The topological polar surface area (TPSA) is 62.3 Å². The zero-order chi connectivity index (χ0) is 20.5. The second-order valence-electron chi connectivity index (χ2n) is 6.72. The second-order valence-corrected chi connectivity index (χ2v) is 9.27. The van der Waals surface area contributed by atoms with Crippen molar-refractivity contribution in [2.75, 3.05) is 16.8 Å². The zero-order valence-electron chi connectivity index (χ0n) is 15.9. The Morgan fingerprint density at radius 2 is 2.07 bits per heavy atom. The third-order valence-corrected chi connectivity index (χ3v) is 7.16. The van der Waals surface area contributed by atoms with Crippen LogP contribution in [0.15, 0.2) is 51.0 Å². The van der Waals surface area contributed by atoms with Gasteiger partial charge in [0.15, 0.2) is 4.34 Å². The number of fused-ring (bicyclic) bond motifs is 1. The van der Waals surface area contributed by atoms with Crippen LogP contribution < -0.4 is 10.2 Å². The maximum absolute atomic E-state index is 12.7. The van der Waals surface area contributed by atoms with Gasteiger partial charge in [0.2, 0.25) is 5.91 Å². The molecule has 0 bridgehead atoms. The smallest absolute Gasteiger partial charge is 0.255 e. The van der Waals surface area contributed by atoms with E-state index in [9.17, 15) is 9.59 Å². The maximum atomic E-state index is 12.7. The van der Waals surface area contributed by atoms with Crippen molar-refractivity contribution in [1.29, 1.82) is 0 Å². The first-order valence-electron chi connectivity index (χ1n) is 9.02. The summed E-state index contributed by atoms with van der Waals surface area (Å²) in [5.41, 5.74) is 4.07. The van der Waals surface area contributed by atoms with E-state index in [1.165, 1.54) is 11.8 Å². The van der Waals surface area contributed by atoms with E-state index in [4.69, 9.17) is 11.6 Å². The van der Waals surface area contributed by atoms with Crippen LogP contribution in [0.4, 0.5) is 11.4 Å². The van der Waals surface area contributed by atoms with Crippen LogP contribution in [0.25, 0.3) is 0 Å². The maximum Gasteiger partial charge on any atom is 0.255 e. The van der Waals surface area contributed by atoms with Crippen molar-refractivity contribution < 1.29 is 9.59 Å². The fourth-order valence-corrected chi connectivity index (χ4v) is 5.30. The van der Waals surface area contributed by atoms with E-state index in [0.717, 1.165) is 32.6 Å². The summed E-state index contributed by atoms with van der Waals surface area (Å²) in [6, 6.07) is 10.9. The van der Waals surface area contributed by atoms with Crippen LogP contribution in [0.5, 0.6) is 0 Å². The number of amides is 2. The van der Waals surface area contributed by atoms with Crippen molar-refractivity contribution in [3.05, 3.63) is 63.6 Å². The summed E-state index contributed by atoms with van der Waals surface area (Å²) < 4.78 is 0.930. The molecule has 2 heterocycles. The fourth-order valence-electron chi connectivity index (χ4n) is 3.21. The van der Waals surface area contributed by atoms with Crippen LogP contribution >= 0.6 is 34.7 Å². The molecule has 4 rings (SSSR count). The summed E-state index contributed by atoms with van der Waals surface area (Å²) in [5.74, 6) is -0.192. The summed E-state index contributed by atoms with van der Waals surface area (Å²) >= 11 is 9.49. The molecule has 0 saturated carbocycles. The van der Waals surface area contributed by atoms with Crippen LogP contribution in [0.1, 0.15) is 28.5 Å². The highest BCUT2D eigenvalue weighted by molar-refractivity contribution is 8.01. The Morgan fingerprint density at radius 1 is 1.24 bits per heavy atom. The number of aromatic nitrogens is 1. The number of nitrogens with one attached hydrogen (secondary N) is 1. The molecule has 148 valence electrons. The van der Waals surface area contributed by atoms with Gasteiger partial charge in [-0.05, 0) is 55.3 Å². The van der Waals surface area contributed by atoms with Gasteiger partial charge in [0.05, 0.1) is 5.02 Å². The van der Waals surface area contributed by atoms with Crippen molar-refractivity contribution in [3.63, 3.8) is 0 Å². The number of aryl methyl sites for hydroxylation is 1. The van der Waals surface area contributed by atoms with E-state index in [1.807, 2.05) is 36.6 Å². The summed E-state index contributed by atoms with van der Waals surface area (Å²) in [6.45, 7) is 4.16. The highest BCUT2D eigenvalue weighted by Crippen LogP contribution is 2.36. The molecule has 0 fully saturated rings. The lowest BCUT2D eigenvalue weighted by Gasteiger charge is -2.15. The second kappa shape index (κ2) is 8.18. The molecule has 0 atom stereocenters. The van der Waals surface area contributed by atoms with Gasteiger partial charge in [-0.1, -0.05) is 23.4 Å². The number of halogens is 1. The first kappa shape index (κ1) is 19.9. The van der Waals surface area contributed by atoms with E-state index in [-0.39, 0.29) is 11.8 Å². The zero-order valence-corrected chi connectivity index (χ0v) is 18.2. The van der Waals surface area contributed by atoms with Gasteiger partial charge >= 0.3 is 0 Å². The minimum Gasteiger partial charge on any atom is -0.322 e. The molecule has 2 aromatic carbocycles. The van der Waals surface area contributed by atoms with Gasteiger partial charge in [0.1, 0.15) is 0 Å². The predicted molar refractivity (Wildman–Crippen MR) is 119 cm³/mol. The van der Waals surface area contributed by atoms with Crippen molar-refractivity contribution >= 4 is 57.9 Å². The predicted octanol–water partition coefficient (Wildman–Crippen LogP) is 5.42. The molecule has 29 heavy (non-hydrogen) atoms. The average molecular weight is 444 g/mol. The number of carbonyl (C=O) groups excluding carboxylic acids is 2. The summed E-state index contributed by atoms with van der Waals surface area (Å²) in [4.78, 5) is 31.4. The highest BCUT2D eigenvalue weighted by Gasteiger charge is 2.23. The first-order valence-corrected chi connectivity index (χ1v) is 11.1. The van der Waals surface area contributed by atoms with E-state index in [2.05, 4.69) is 10.3 Å². The van der Waals surface area contributed by atoms with Crippen LogP contribution in [0, 0.1) is 6.92 Å². The number of benzene rings is 2. The minimum atomic E-state index is -0.207. The van der Waals surface area contributed by atoms with Gasteiger partial charge in [0.25, 0.3) is 5.91 Å². The van der Waals surface area contributed by atoms with Gasteiger partial charge < -0.3 is 10.2 Å². The first-order chi connectivity index (χ1) is 13.9. The van der Waals surface area contributed by atoms with E-state index < -0.39 is 0 Å². The number of hydrogen-bond donors (Lipinski definition) is 1. The molecule has 2 amide bonds. The summed E-state index contributed by atoms with van der Waals surface area (Å²) in [5, 5.41) is 5.45. The molecule has 5 nitrogen and oxygen atoms in total. The van der Waals surface area contributed by atoms with Gasteiger partial charge in [-0.2, -0.15) is 0 Å². The molecule has 0 aliphatic carbocycles. The van der Waals surface area contributed by atoms with Gasteiger partial charge in [0, 0.05) is 46.4 Å². The highest BCUT2D eigenvalue weighted by atomic mass is 35.5. The van der Waals surface area contributed by atoms with Gasteiger partial charge in [-0.3, -0.25) is 9.59 Å². The number of thiazole rings is 1. The Hall–Kier alpha value is -2.35. The van der Waals surface area contributed by atoms with E-state index >= 15 is 0 Å². The minimum absolute atomic E-state index is 0.0152. The van der Waals surface area contributed by atoms with Crippen LogP contribution in [0.2, 0.25) is 5.02 Å². The normalized spacial score (nSPS) is 12.7. The lowest BCUT2D eigenvalue weighted by Crippen LogP contribution is -2.25. The molecule has 1 N–H and O–H groups in total. The van der Waals surface area contributed by atoms with E-state index in [0.29, 0.717) is 22.8 Å². The van der Waals surface area contributed by atoms with Crippen molar-refractivity contribution in [2.45, 2.75) is 29.5 Å². The van der Waals surface area contributed by atoms with Crippen molar-refractivity contribution in [3.8, 4) is 0 Å². The Morgan fingerprint density at radius 3 is 2.76 bits per heavy atom. The number of carbonyl (C=O) groups is 2. The van der Waals surface area contributed by atoms with Crippen LogP contribution in [-0.4, -0.2) is 23.3 Å².